The van der Waals surface area contributed by atoms with Crippen molar-refractivity contribution in [2.75, 3.05) is 13.2 Å². The Balaban J connectivity index is 2.13. The molecule has 2 N–H and O–H groups in total. The first-order valence-electron chi connectivity index (χ1n) is 3.99. The van der Waals surface area contributed by atoms with Gasteiger partial charge in [-0.3, -0.25) is 5.32 Å². The van der Waals surface area contributed by atoms with Crippen LogP contribution in [0.3, 0.4) is 0 Å². The van der Waals surface area contributed by atoms with E-state index in [9.17, 15) is 4.79 Å². The van der Waals surface area contributed by atoms with Gasteiger partial charge >= 0.3 is 6.09 Å². The molecule has 0 saturated carbocycles. The highest BCUT2D eigenvalue weighted by Gasteiger charge is 2.15. The van der Waals surface area contributed by atoms with Crippen LogP contribution in [0.25, 0.3) is 0 Å². The molecule has 0 aromatic rings. The summed E-state index contributed by atoms with van der Waals surface area (Å²) in [6.07, 6.45) is 1.91. The van der Waals surface area contributed by atoms with Crippen LogP contribution in [0.1, 0.15) is 19.8 Å². The summed E-state index contributed by atoms with van der Waals surface area (Å²) >= 11 is 0. The minimum Gasteiger partial charge on any atom is -0.450 e. The zero-order valence-corrected chi connectivity index (χ0v) is 6.72. The number of nitrogens with one attached hydrogen (secondary N) is 2. The molecule has 0 aromatic heterocycles. The second kappa shape index (κ2) is 4.18. The van der Waals surface area contributed by atoms with Gasteiger partial charge in [-0.2, -0.15) is 0 Å². The molecule has 0 aromatic carbocycles. The summed E-state index contributed by atoms with van der Waals surface area (Å²) in [5, 5.41) is 5.84. The maximum atomic E-state index is 10.8. The first kappa shape index (κ1) is 8.33. The highest BCUT2D eigenvalue weighted by molar-refractivity contribution is 5.67. The Bertz CT molecular complexity index is 132. The van der Waals surface area contributed by atoms with E-state index < -0.39 is 0 Å². The highest BCUT2D eigenvalue weighted by Crippen LogP contribution is 2.01. The van der Waals surface area contributed by atoms with E-state index in [1.54, 1.807) is 6.92 Å². The molecule has 1 saturated heterocycles. The first-order chi connectivity index (χ1) is 5.33. The van der Waals surface area contributed by atoms with Gasteiger partial charge in [0.1, 0.15) is 0 Å². The van der Waals surface area contributed by atoms with Gasteiger partial charge in [-0.15, -0.1) is 0 Å². The van der Waals surface area contributed by atoms with Gasteiger partial charge in [-0.25, -0.2) is 4.79 Å². The zero-order valence-electron chi connectivity index (χ0n) is 6.72. The summed E-state index contributed by atoms with van der Waals surface area (Å²) in [5.41, 5.74) is 0. The van der Waals surface area contributed by atoms with Crippen molar-refractivity contribution in [3.05, 3.63) is 0 Å². The van der Waals surface area contributed by atoms with Crippen LogP contribution < -0.4 is 10.6 Å². The van der Waals surface area contributed by atoms with Gasteiger partial charge in [0, 0.05) is 0 Å². The van der Waals surface area contributed by atoms with Crippen molar-refractivity contribution in [3.8, 4) is 0 Å². The van der Waals surface area contributed by atoms with Gasteiger partial charge in [0.25, 0.3) is 0 Å². The number of hydrogen-bond donors (Lipinski definition) is 2. The molecule has 4 nitrogen and oxygen atoms in total. The summed E-state index contributed by atoms with van der Waals surface area (Å²) in [5.74, 6) is 0. The quantitative estimate of drug-likeness (QED) is 0.613. The van der Waals surface area contributed by atoms with Crippen molar-refractivity contribution in [2.45, 2.75) is 25.9 Å². The first-order valence-corrected chi connectivity index (χ1v) is 3.99. The lowest BCUT2D eigenvalue weighted by atomic mass is 10.3. The number of amides is 1. The molecule has 1 fully saturated rings. The monoisotopic (exact) mass is 158 g/mol. The predicted molar refractivity (Wildman–Crippen MR) is 41.2 cm³/mol. The number of ether oxygens (including phenoxy) is 1. The fourth-order valence-electron chi connectivity index (χ4n) is 1.12. The van der Waals surface area contributed by atoms with Crippen LogP contribution in [0.2, 0.25) is 0 Å². The molecule has 1 aliphatic heterocycles. The van der Waals surface area contributed by atoms with Crippen LogP contribution in [-0.4, -0.2) is 25.4 Å². The number of alkyl carbamates (subject to hydrolysis) is 1. The molecule has 0 radical (unpaired) electrons. The van der Waals surface area contributed by atoms with Crippen molar-refractivity contribution < 1.29 is 9.53 Å². The van der Waals surface area contributed by atoms with E-state index in [4.69, 9.17) is 4.74 Å². The number of carbonyl (C=O) groups is 1. The third-order valence-electron chi connectivity index (χ3n) is 1.63. The molecule has 1 rings (SSSR count). The number of hydrogen-bond acceptors (Lipinski definition) is 3. The average Bonchev–Trinajstić information content (AvgIpc) is 2.40. The largest absolute Gasteiger partial charge is 0.450 e. The third-order valence-corrected chi connectivity index (χ3v) is 1.63. The summed E-state index contributed by atoms with van der Waals surface area (Å²) in [7, 11) is 0. The second-order valence-corrected chi connectivity index (χ2v) is 2.51. The normalized spacial score (nSPS) is 23.2. The SMILES string of the molecule is CCOC(=O)NC1CCCN1. The maximum absolute atomic E-state index is 10.8. The molecule has 1 heterocycles. The van der Waals surface area contributed by atoms with Crippen molar-refractivity contribution in [3.63, 3.8) is 0 Å². The molecule has 1 amide bonds. The Labute approximate surface area is 66.3 Å². The average molecular weight is 158 g/mol. The number of carbonyl (C=O) groups excluding carboxylic acids is 1. The fourth-order valence-corrected chi connectivity index (χ4v) is 1.12. The summed E-state index contributed by atoms with van der Waals surface area (Å²) in [4.78, 5) is 10.8. The predicted octanol–water partition coefficient (Wildman–Crippen LogP) is 0.442. The minimum atomic E-state index is -0.327. The molecule has 64 valence electrons. The molecular formula is C7H14N2O2. The Morgan fingerprint density at radius 3 is 3.18 bits per heavy atom. The van der Waals surface area contributed by atoms with Crippen molar-refractivity contribution >= 4 is 6.09 Å². The van der Waals surface area contributed by atoms with E-state index in [0.29, 0.717) is 6.61 Å². The van der Waals surface area contributed by atoms with E-state index >= 15 is 0 Å². The fraction of sp³-hybridized carbons (Fsp3) is 0.857. The van der Waals surface area contributed by atoms with Crippen molar-refractivity contribution in [1.29, 1.82) is 0 Å². The van der Waals surface area contributed by atoms with Crippen LogP contribution in [0.5, 0.6) is 0 Å². The maximum Gasteiger partial charge on any atom is 0.408 e. The van der Waals surface area contributed by atoms with Gasteiger partial charge in [-0.05, 0) is 26.3 Å². The second-order valence-electron chi connectivity index (χ2n) is 2.51. The Kier molecular flexibility index (Phi) is 3.16. The zero-order chi connectivity index (χ0) is 8.10. The molecule has 4 heteroatoms. The molecule has 1 aliphatic rings. The molecule has 0 aliphatic carbocycles. The van der Waals surface area contributed by atoms with Crippen LogP contribution >= 0.6 is 0 Å². The van der Waals surface area contributed by atoms with Crippen LogP contribution in [0.15, 0.2) is 0 Å². The van der Waals surface area contributed by atoms with Gasteiger partial charge in [-0.1, -0.05) is 0 Å². The van der Waals surface area contributed by atoms with Gasteiger partial charge < -0.3 is 10.1 Å². The number of rotatable bonds is 2. The third kappa shape index (κ3) is 2.76. The topological polar surface area (TPSA) is 50.4 Å². The lowest BCUT2D eigenvalue weighted by Crippen LogP contribution is -2.41. The summed E-state index contributed by atoms with van der Waals surface area (Å²) in [6.45, 7) is 3.21. The molecular weight excluding hydrogens is 144 g/mol. The molecule has 11 heavy (non-hydrogen) atoms. The van der Waals surface area contributed by atoms with Gasteiger partial charge in [0.2, 0.25) is 0 Å². The van der Waals surface area contributed by atoms with E-state index in [2.05, 4.69) is 10.6 Å². The minimum absolute atomic E-state index is 0.119. The van der Waals surface area contributed by atoms with Gasteiger partial charge in [0.05, 0.1) is 12.8 Å². The summed E-state index contributed by atoms with van der Waals surface area (Å²) < 4.78 is 4.71. The lowest BCUT2D eigenvalue weighted by Gasteiger charge is -2.11. The standard InChI is InChI=1S/C7H14N2O2/c1-2-11-7(10)9-6-4-3-5-8-6/h6,8H,2-5H2,1H3,(H,9,10). The molecule has 1 unspecified atom stereocenters. The Morgan fingerprint density at radius 2 is 2.64 bits per heavy atom. The molecule has 1 atom stereocenters. The molecule has 0 bridgehead atoms. The van der Waals surface area contributed by atoms with Crippen LogP contribution in [-0.2, 0) is 4.74 Å². The summed E-state index contributed by atoms with van der Waals surface area (Å²) in [6, 6.07) is 0. The van der Waals surface area contributed by atoms with E-state index in [0.717, 1.165) is 19.4 Å². The lowest BCUT2D eigenvalue weighted by molar-refractivity contribution is 0.147. The highest BCUT2D eigenvalue weighted by atomic mass is 16.5. The van der Waals surface area contributed by atoms with Crippen molar-refractivity contribution in [2.24, 2.45) is 0 Å². The van der Waals surface area contributed by atoms with Crippen LogP contribution in [0, 0.1) is 0 Å². The van der Waals surface area contributed by atoms with Crippen molar-refractivity contribution in [1.82, 2.24) is 10.6 Å². The van der Waals surface area contributed by atoms with Gasteiger partial charge in [0.15, 0.2) is 0 Å². The molecule has 0 spiro atoms. The van der Waals surface area contributed by atoms with Crippen LogP contribution in [0.4, 0.5) is 4.79 Å². The van der Waals surface area contributed by atoms with E-state index in [1.807, 2.05) is 0 Å². The Hall–Kier alpha value is -0.770. The van der Waals surface area contributed by atoms with E-state index in [1.165, 1.54) is 0 Å². The Morgan fingerprint density at radius 1 is 1.82 bits per heavy atom. The smallest absolute Gasteiger partial charge is 0.408 e. The van der Waals surface area contributed by atoms with E-state index in [-0.39, 0.29) is 12.3 Å².